The molecule has 8 aliphatic carbocycles. The van der Waals surface area contributed by atoms with Gasteiger partial charge in [0.05, 0.1) is 11.7 Å². The summed E-state index contributed by atoms with van der Waals surface area (Å²) < 4.78 is 39.1. The Morgan fingerprint density at radius 2 is 1.29 bits per heavy atom. The number of ether oxygens (including phenoxy) is 6. The van der Waals surface area contributed by atoms with Gasteiger partial charge in [0.25, 0.3) is 0 Å². The van der Waals surface area contributed by atoms with Crippen molar-refractivity contribution in [3.8, 4) is 0 Å². The second kappa shape index (κ2) is 9.02. The van der Waals surface area contributed by atoms with E-state index in [-0.39, 0.29) is 42.2 Å². The molecule has 0 amide bonds. The van der Waals surface area contributed by atoms with Crippen molar-refractivity contribution in [2.24, 2.45) is 47.3 Å². The molecular formula is C33H44O8. The van der Waals surface area contributed by atoms with Gasteiger partial charge < -0.3 is 28.4 Å². The van der Waals surface area contributed by atoms with Crippen molar-refractivity contribution in [1.82, 2.24) is 0 Å². The number of hydrogen-bond donors (Lipinski definition) is 0. The van der Waals surface area contributed by atoms with Crippen LogP contribution >= 0.6 is 0 Å². The molecule has 8 heteroatoms. The van der Waals surface area contributed by atoms with Crippen LogP contribution in [0.5, 0.6) is 0 Å². The highest BCUT2D eigenvalue weighted by atomic mass is 16.8. The predicted molar refractivity (Wildman–Crippen MR) is 144 cm³/mol. The second-order valence-corrected chi connectivity index (χ2v) is 15.5. The Bertz CT molecular complexity index is 1090. The summed E-state index contributed by atoms with van der Waals surface area (Å²) in [5.74, 6) is 3.67. The van der Waals surface area contributed by atoms with Crippen LogP contribution in [-0.2, 0) is 38.0 Å². The molecule has 8 saturated carbocycles. The minimum atomic E-state index is -0.598. The van der Waals surface area contributed by atoms with E-state index in [0.717, 1.165) is 30.1 Å². The molecule has 11 rings (SSSR count). The lowest BCUT2D eigenvalue weighted by molar-refractivity contribution is -0.304. The first-order valence-electron chi connectivity index (χ1n) is 16.5. The van der Waals surface area contributed by atoms with Gasteiger partial charge in [-0.25, -0.2) is 9.59 Å². The third-order valence-electron chi connectivity index (χ3n) is 13.1. The van der Waals surface area contributed by atoms with E-state index in [2.05, 4.69) is 6.58 Å². The first-order valence-corrected chi connectivity index (χ1v) is 16.5. The molecule has 8 bridgehead atoms. The van der Waals surface area contributed by atoms with E-state index < -0.39 is 30.4 Å². The fourth-order valence-corrected chi connectivity index (χ4v) is 12.0. The third-order valence-corrected chi connectivity index (χ3v) is 13.1. The Balaban J connectivity index is 0.981. The van der Waals surface area contributed by atoms with Gasteiger partial charge in [0.15, 0.2) is 12.4 Å². The fourth-order valence-electron chi connectivity index (χ4n) is 12.0. The Kier molecular flexibility index (Phi) is 5.72. The maximum Gasteiger partial charge on any atom is 0.344 e. The monoisotopic (exact) mass is 568 g/mol. The number of rotatable bonds is 5. The van der Waals surface area contributed by atoms with Crippen molar-refractivity contribution in [3.05, 3.63) is 12.2 Å². The van der Waals surface area contributed by atoms with Gasteiger partial charge in [0, 0.05) is 23.8 Å². The molecule has 8 nitrogen and oxygen atoms in total. The van der Waals surface area contributed by atoms with Crippen molar-refractivity contribution in [1.29, 1.82) is 0 Å². The highest BCUT2D eigenvalue weighted by Gasteiger charge is 2.71. The number of esters is 2. The average Bonchev–Trinajstić information content (AvgIpc) is 3.52. The smallest absolute Gasteiger partial charge is 0.344 e. The Labute approximate surface area is 242 Å². The fraction of sp³-hybridized carbons (Fsp3) is 0.879. The topological polar surface area (TPSA) is 89.5 Å². The van der Waals surface area contributed by atoms with Crippen LogP contribution in [0.4, 0.5) is 0 Å². The van der Waals surface area contributed by atoms with Crippen LogP contribution in [0.1, 0.15) is 77.6 Å². The molecule has 0 radical (unpaired) electrons. The summed E-state index contributed by atoms with van der Waals surface area (Å²) in [7, 11) is 0. The summed E-state index contributed by atoms with van der Waals surface area (Å²) >= 11 is 0. The van der Waals surface area contributed by atoms with Gasteiger partial charge >= 0.3 is 11.9 Å². The minimum absolute atomic E-state index is 0.0534. The second-order valence-electron chi connectivity index (χ2n) is 15.5. The molecule has 2 spiro atoms. The highest BCUT2D eigenvalue weighted by Crippen LogP contribution is 2.67. The van der Waals surface area contributed by atoms with E-state index in [9.17, 15) is 9.59 Å². The molecule has 5 atom stereocenters. The molecule has 41 heavy (non-hydrogen) atoms. The van der Waals surface area contributed by atoms with Crippen LogP contribution in [0.2, 0.25) is 0 Å². The summed E-state index contributed by atoms with van der Waals surface area (Å²) in [6.07, 6.45) is 12.4. The van der Waals surface area contributed by atoms with Crippen molar-refractivity contribution in [2.45, 2.75) is 119 Å². The lowest BCUT2D eigenvalue weighted by atomic mass is 9.49. The van der Waals surface area contributed by atoms with Gasteiger partial charge in [0.2, 0.25) is 0 Å². The van der Waals surface area contributed by atoms with Crippen LogP contribution in [-0.4, -0.2) is 67.1 Å². The van der Waals surface area contributed by atoms with E-state index in [1.54, 1.807) is 6.92 Å². The molecule has 224 valence electrons. The predicted octanol–water partition coefficient (Wildman–Crippen LogP) is 4.34. The molecule has 3 saturated heterocycles. The average molecular weight is 569 g/mol. The third kappa shape index (κ3) is 3.78. The van der Waals surface area contributed by atoms with E-state index in [4.69, 9.17) is 28.4 Å². The van der Waals surface area contributed by atoms with Gasteiger partial charge in [0.1, 0.15) is 31.0 Å². The Morgan fingerprint density at radius 3 is 1.88 bits per heavy atom. The zero-order valence-electron chi connectivity index (χ0n) is 24.2. The normalized spacial score (nSPS) is 54.9. The molecular weight excluding hydrogens is 524 g/mol. The molecule has 0 aromatic heterocycles. The van der Waals surface area contributed by atoms with Crippen LogP contribution in [0.3, 0.4) is 0 Å². The van der Waals surface area contributed by atoms with Crippen LogP contribution in [0.15, 0.2) is 12.2 Å². The van der Waals surface area contributed by atoms with Crippen LogP contribution in [0.25, 0.3) is 0 Å². The summed E-state index contributed by atoms with van der Waals surface area (Å²) in [5.41, 5.74) is 0.137. The minimum Gasteiger partial charge on any atom is -0.460 e. The molecule has 0 N–H and O–H groups in total. The summed E-state index contributed by atoms with van der Waals surface area (Å²) in [6, 6.07) is 0. The van der Waals surface area contributed by atoms with Gasteiger partial charge in [-0.15, -0.1) is 0 Å². The zero-order chi connectivity index (χ0) is 27.7. The maximum absolute atomic E-state index is 12.6. The first-order chi connectivity index (χ1) is 19.8. The number of carbonyl (C=O) groups is 2. The van der Waals surface area contributed by atoms with Crippen LogP contribution in [0, 0.1) is 47.3 Å². The lowest BCUT2D eigenvalue weighted by Gasteiger charge is -2.59. The molecule has 0 unspecified atom stereocenters. The lowest BCUT2D eigenvalue weighted by Crippen LogP contribution is -2.59. The van der Waals surface area contributed by atoms with E-state index in [1.165, 1.54) is 64.2 Å². The summed E-state index contributed by atoms with van der Waals surface area (Å²) in [4.78, 5) is 24.3. The quantitative estimate of drug-likeness (QED) is 0.358. The van der Waals surface area contributed by atoms with Crippen LogP contribution < -0.4 is 0 Å². The summed E-state index contributed by atoms with van der Waals surface area (Å²) in [6.45, 7) is 4.73. The van der Waals surface area contributed by atoms with Crippen molar-refractivity contribution < 1.29 is 38.0 Å². The van der Waals surface area contributed by atoms with Gasteiger partial charge in [-0.05, 0) is 107 Å². The molecule has 3 heterocycles. The standard InChI is InChI=1S/C33H44O8/c1-16(2)31(35)37-15-27(34)36-14-26-29-30(41-33(40-29)23-9-19-4-20(11-23)12-24(33)10-19)28-25(38-26)13-32(39-28)21-5-17-3-18(7-21)8-22(32)6-17/h17-26,28-30H,1,3-15H2,2H3/t17?,18?,19?,20?,21?,22?,23?,24?,25-,26-,28+,29+,30-,32?,33?/m1/s1. The number of carbonyl (C=O) groups excluding carboxylic acids is 2. The van der Waals surface area contributed by atoms with Crippen molar-refractivity contribution in [2.75, 3.05) is 13.2 Å². The first kappa shape index (κ1) is 26.0. The highest BCUT2D eigenvalue weighted by molar-refractivity contribution is 5.88. The molecule has 0 aromatic carbocycles. The molecule has 3 aliphatic heterocycles. The van der Waals surface area contributed by atoms with Crippen molar-refractivity contribution in [3.63, 3.8) is 0 Å². The van der Waals surface area contributed by atoms with E-state index in [0.29, 0.717) is 23.7 Å². The van der Waals surface area contributed by atoms with Crippen molar-refractivity contribution >= 4 is 11.9 Å². The molecule has 11 fully saturated rings. The molecule has 0 aromatic rings. The zero-order valence-corrected chi connectivity index (χ0v) is 24.2. The largest absolute Gasteiger partial charge is 0.460 e. The summed E-state index contributed by atoms with van der Waals surface area (Å²) in [5, 5.41) is 0. The number of fused-ring (bicyclic) bond motifs is 3. The van der Waals surface area contributed by atoms with Gasteiger partial charge in [-0.3, -0.25) is 0 Å². The Morgan fingerprint density at radius 1 is 0.732 bits per heavy atom. The van der Waals surface area contributed by atoms with E-state index >= 15 is 0 Å². The van der Waals surface area contributed by atoms with Gasteiger partial charge in [-0.1, -0.05) is 6.58 Å². The Hall–Kier alpha value is -1.48. The maximum atomic E-state index is 12.6. The number of hydrogen-bond acceptors (Lipinski definition) is 8. The SMILES string of the molecule is C=C(C)C(=O)OCC(=O)OC[C@H]1O[C@@H]2CC3(O[C@@H]2[C@H]2OC4(O[C@H]21)C1CC2CC(C1)CC4C2)C1CC2CC(C1)CC3C2. The van der Waals surface area contributed by atoms with E-state index in [1.807, 2.05) is 0 Å². The molecule has 11 aliphatic rings. The van der Waals surface area contributed by atoms with Gasteiger partial charge in [-0.2, -0.15) is 0 Å².